The van der Waals surface area contributed by atoms with Gasteiger partial charge in [0.1, 0.15) is 30.1 Å². The molecule has 1 saturated heterocycles. The summed E-state index contributed by atoms with van der Waals surface area (Å²) < 4.78 is 36.8. The lowest BCUT2D eigenvalue weighted by Gasteiger charge is -2.16. The number of benzene rings is 2. The zero-order chi connectivity index (χ0) is 30.1. The van der Waals surface area contributed by atoms with Crippen LogP contribution in [-0.2, 0) is 9.47 Å². The molecule has 12 nitrogen and oxygen atoms in total. The minimum atomic E-state index is -0.736. The number of aryl methyl sites for hydroxylation is 1. The van der Waals surface area contributed by atoms with Crippen LogP contribution in [0, 0.1) is 12.7 Å². The van der Waals surface area contributed by atoms with Crippen molar-refractivity contribution in [2.45, 2.75) is 20.0 Å². The number of pyridine rings is 1. The molecular weight excluding hydrogens is 579 g/mol. The lowest BCUT2D eigenvalue weighted by atomic mass is 10.1. The minimum absolute atomic E-state index is 0.0121. The van der Waals surface area contributed by atoms with E-state index in [2.05, 4.69) is 25.3 Å². The fourth-order valence-corrected chi connectivity index (χ4v) is 5.46. The number of rotatable bonds is 8. The largest absolute Gasteiger partial charge is 0.484 e. The van der Waals surface area contributed by atoms with E-state index in [4.69, 9.17) is 18.9 Å². The van der Waals surface area contributed by atoms with E-state index in [1.807, 2.05) is 19.1 Å². The molecule has 220 valence electrons. The first-order chi connectivity index (χ1) is 20.8. The van der Waals surface area contributed by atoms with Gasteiger partial charge in [0, 0.05) is 17.7 Å². The Morgan fingerprint density at radius 3 is 2.77 bits per heavy atom. The van der Waals surface area contributed by atoms with E-state index in [-0.39, 0.29) is 12.4 Å². The highest BCUT2D eigenvalue weighted by atomic mass is 32.1. The summed E-state index contributed by atoms with van der Waals surface area (Å²) in [6.45, 7) is 4.18. The third-order valence-corrected chi connectivity index (χ3v) is 7.51. The van der Waals surface area contributed by atoms with Crippen LogP contribution in [-0.4, -0.2) is 65.1 Å². The van der Waals surface area contributed by atoms with Crippen molar-refractivity contribution in [2.75, 3.05) is 37.1 Å². The molecule has 4 heterocycles. The maximum Gasteiger partial charge on any atom is 0.415 e. The number of anilines is 2. The quantitative estimate of drug-likeness (QED) is 0.234. The Bertz CT molecular complexity index is 1850. The lowest BCUT2D eigenvalue weighted by molar-refractivity contribution is 0.0969. The number of nitrogens with zero attached hydrogens (tertiary/aromatic N) is 5. The van der Waals surface area contributed by atoms with Gasteiger partial charge in [-0.1, -0.05) is 0 Å². The molecule has 1 fully saturated rings. The van der Waals surface area contributed by atoms with Gasteiger partial charge in [-0.2, -0.15) is 0 Å². The normalized spacial score (nSPS) is 13.7. The first-order valence-corrected chi connectivity index (χ1v) is 14.0. The maximum absolute atomic E-state index is 15.0. The fourth-order valence-electron chi connectivity index (χ4n) is 4.46. The highest BCUT2D eigenvalue weighted by Gasteiger charge is 2.24. The van der Waals surface area contributed by atoms with Crippen LogP contribution < -0.4 is 19.7 Å². The van der Waals surface area contributed by atoms with Gasteiger partial charge in [-0.05, 0) is 43.7 Å². The molecule has 1 unspecified atom stereocenters. The molecule has 0 aliphatic carbocycles. The number of amides is 2. The molecule has 1 aliphatic heterocycles. The van der Waals surface area contributed by atoms with E-state index in [1.165, 1.54) is 35.6 Å². The van der Waals surface area contributed by atoms with Crippen LogP contribution in [0.3, 0.4) is 0 Å². The summed E-state index contributed by atoms with van der Waals surface area (Å²) >= 11 is 1.38. The number of hydrogen-bond donors (Lipinski definition) is 1. The summed E-state index contributed by atoms with van der Waals surface area (Å²) in [5, 5.41) is 3.22. The predicted octanol–water partition coefficient (Wildman–Crippen LogP) is 5.73. The summed E-state index contributed by atoms with van der Waals surface area (Å²) in [7, 11) is 1.53. The van der Waals surface area contributed by atoms with Gasteiger partial charge < -0.3 is 18.9 Å². The number of fused-ring (bicyclic) bond motifs is 2. The number of carbonyl (C=O) groups excluding carboxylic acids is 2. The second-order valence-corrected chi connectivity index (χ2v) is 10.7. The fraction of sp³-hybridized carbons (Fsp3) is 0.241. The molecule has 5 aromatic rings. The smallest absolute Gasteiger partial charge is 0.415 e. The van der Waals surface area contributed by atoms with Crippen molar-refractivity contribution in [3.63, 3.8) is 0 Å². The van der Waals surface area contributed by atoms with Crippen LogP contribution in [0.5, 0.6) is 11.6 Å². The van der Waals surface area contributed by atoms with Gasteiger partial charge in [-0.15, -0.1) is 11.3 Å². The molecule has 0 saturated carbocycles. The molecule has 0 bridgehead atoms. The van der Waals surface area contributed by atoms with E-state index in [0.717, 1.165) is 11.1 Å². The number of cyclic esters (lactones) is 1. The van der Waals surface area contributed by atoms with Crippen molar-refractivity contribution in [3.05, 3.63) is 60.2 Å². The topological polar surface area (TPSA) is 138 Å². The zero-order valence-corrected chi connectivity index (χ0v) is 24.1. The number of carbonyl (C=O) groups is 2. The van der Waals surface area contributed by atoms with E-state index in [0.29, 0.717) is 56.8 Å². The van der Waals surface area contributed by atoms with Gasteiger partial charge in [0.25, 0.3) is 0 Å². The van der Waals surface area contributed by atoms with Crippen molar-refractivity contribution in [2.24, 2.45) is 0 Å². The lowest BCUT2D eigenvalue weighted by Crippen LogP contribution is -2.25. The third-order valence-electron chi connectivity index (χ3n) is 6.46. The van der Waals surface area contributed by atoms with Gasteiger partial charge in [0.2, 0.25) is 5.88 Å². The number of aromatic nitrogens is 4. The predicted molar refractivity (Wildman–Crippen MR) is 157 cm³/mol. The highest BCUT2D eigenvalue weighted by Crippen LogP contribution is 2.37. The minimum Gasteiger partial charge on any atom is -0.484 e. The molecule has 0 spiro atoms. The second-order valence-electron chi connectivity index (χ2n) is 9.68. The average Bonchev–Trinajstić information content (AvgIpc) is 3.61. The molecule has 2 aromatic carbocycles. The van der Waals surface area contributed by atoms with E-state index in [1.54, 1.807) is 31.3 Å². The Hall–Kier alpha value is -5.11. The molecule has 1 N–H and O–H groups in total. The van der Waals surface area contributed by atoms with Gasteiger partial charge >= 0.3 is 12.2 Å². The second kappa shape index (κ2) is 11.6. The molecule has 6 rings (SSSR count). The Labute approximate surface area is 248 Å². The van der Waals surface area contributed by atoms with Gasteiger partial charge in [0.15, 0.2) is 11.6 Å². The molecule has 2 amide bonds. The molecule has 3 aromatic heterocycles. The SMILES string of the molecule is COc1cnc2c(-c3nc4cc(F)c(OC(C)COC(=O)Nc5ccc(N6CCOC6=O)nc5)cc4s3)cc(C)cc2n1. The first-order valence-electron chi connectivity index (χ1n) is 13.2. The molecule has 14 heteroatoms. The number of ether oxygens (including phenoxy) is 4. The van der Waals surface area contributed by atoms with Crippen molar-refractivity contribution in [1.82, 2.24) is 19.9 Å². The van der Waals surface area contributed by atoms with Crippen LogP contribution in [0.4, 0.5) is 25.5 Å². The van der Waals surface area contributed by atoms with Crippen molar-refractivity contribution in [1.29, 1.82) is 0 Å². The summed E-state index contributed by atoms with van der Waals surface area (Å²) in [5.74, 6) is 0.244. The Morgan fingerprint density at radius 1 is 1.16 bits per heavy atom. The molecule has 1 aliphatic rings. The number of nitrogens with one attached hydrogen (secondary N) is 1. The Kier molecular flexibility index (Phi) is 7.59. The highest BCUT2D eigenvalue weighted by molar-refractivity contribution is 7.21. The summed E-state index contributed by atoms with van der Waals surface area (Å²) in [6.07, 6.45) is 1.09. The van der Waals surface area contributed by atoms with E-state index >= 15 is 0 Å². The van der Waals surface area contributed by atoms with Gasteiger partial charge in [-0.3, -0.25) is 10.2 Å². The van der Waals surface area contributed by atoms with Crippen LogP contribution in [0.25, 0.3) is 31.8 Å². The number of methoxy groups -OCH3 is 1. The monoisotopic (exact) mass is 604 g/mol. The molecule has 0 radical (unpaired) electrons. The Morgan fingerprint density at radius 2 is 2.02 bits per heavy atom. The van der Waals surface area contributed by atoms with Crippen LogP contribution in [0.2, 0.25) is 0 Å². The van der Waals surface area contributed by atoms with Crippen LogP contribution in [0.15, 0.2) is 48.8 Å². The van der Waals surface area contributed by atoms with Crippen LogP contribution >= 0.6 is 11.3 Å². The van der Waals surface area contributed by atoms with Crippen molar-refractivity contribution in [3.8, 4) is 22.2 Å². The first kappa shape index (κ1) is 28.0. The Balaban J connectivity index is 1.11. The van der Waals surface area contributed by atoms with Gasteiger partial charge in [0.05, 0.1) is 53.0 Å². The summed E-state index contributed by atoms with van der Waals surface area (Å²) in [5.41, 5.74) is 3.94. The summed E-state index contributed by atoms with van der Waals surface area (Å²) in [6, 6.07) is 9.95. The average molecular weight is 605 g/mol. The maximum atomic E-state index is 15.0. The number of halogens is 1. The van der Waals surface area contributed by atoms with Crippen molar-refractivity contribution >= 4 is 56.3 Å². The van der Waals surface area contributed by atoms with E-state index in [9.17, 15) is 14.0 Å². The van der Waals surface area contributed by atoms with E-state index < -0.39 is 24.1 Å². The zero-order valence-electron chi connectivity index (χ0n) is 23.3. The van der Waals surface area contributed by atoms with Crippen LogP contribution in [0.1, 0.15) is 12.5 Å². The summed E-state index contributed by atoms with van der Waals surface area (Å²) in [4.78, 5) is 43.2. The van der Waals surface area contributed by atoms with Crippen molar-refractivity contribution < 1.29 is 32.9 Å². The molecule has 1 atom stereocenters. The standard InChI is InChI=1S/C29H25FN6O6S/c1-15-8-18(26-21(9-15)34-25(39-3)13-32-26)27-35-20-10-19(30)22(11-23(20)43-27)42-16(2)14-41-28(37)33-17-4-5-24(31-12-17)36-6-7-40-29(36)38/h4-5,8-13,16H,6-7,14H2,1-3H3,(H,33,37). The molecular formula is C29H25FN6O6S. The van der Waals surface area contributed by atoms with Gasteiger partial charge in [-0.25, -0.2) is 33.9 Å². The third kappa shape index (κ3) is 5.95. The number of hydrogen-bond acceptors (Lipinski definition) is 11. The number of thiazole rings is 1. The molecule has 43 heavy (non-hydrogen) atoms.